The van der Waals surface area contributed by atoms with Gasteiger partial charge in [0, 0.05) is 47.0 Å². The number of piperazine rings is 1. The molecule has 1 saturated heterocycles. The van der Waals surface area contributed by atoms with Crippen molar-refractivity contribution in [2.24, 2.45) is 0 Å². The van der Waals surface area contributed by atoms with Crippen molar-refractivity contribution in [2.45, 2.75) is 32.4 Å². The van der Waals surface area contributed by atoms with E-state index in [2.05, 4.69) is 44.5 Å². The molecule has 0 radical (unpaired) electrons. The summed E-state index contributed by atoms with van der Waals surface area (Å²) >= 11 is 5.38. The summed E-state index contributed by atoms with van der Waals surface area (Å²) in [5.41, 5.74) is 0. The van der Waals surface area contributed by atoms with Gasteiger partial charge in [0.15, 0.2) is 0 Å². The molecule has 0 aliphatic carbocycles. The highest BCUT2D eigenvalue weighted by Crippen LogP contribution is 2.23. The average molecular weight is 303 g/mol. The Bertz CT molecular complexity index is 325. The molecular formula is C12H19BrN2S. The average Bonchev–Trinajstić information content (AvgIpc) is 2.67. The number of hydrogen-bond donors (Lipinski definition) is 1. The van der Waals surface area contributed by atoms with Gasteiger partial charge in [0.05, 0.1) is 0 Å². The van der Waals surface area contributed by atoms with Crippen LogP contribution in [0.4, 0.5) is 0 Å². The van der Waals surface area contributed by atoms with Crippen molar-refractivity contribution >= 4 is 27.3 Å². The van der Waals surface area contributed by atoms with Gasteiger partial charge in [-0.05, 0) is 28.4 Å². The van der Waals surface area contributed by atoms with Crippen LogP contribution < -0.4 is 5.32 Å². The lowest BCUT2D eigenvalue weighted by molar-refractivity contribution is 0.145. The van der Waals surface area contributed by atoms with Crippen LogP contribution >= 0.6 is 27.3 Å². The third kappa shape index (κ3) is 3.29. The number of rotatable bonds is 4. The SMILES string of the molecule is CCCC1CNCCN1Cc1cc(Br)cs1. The van der Waals surface area contributed by atoms with Crippen LogP contribution in [0, 0.1) is 0 Å². The van der Waals surface area contributed by atoms with Crippen molar-refractivity contribution in [2.75, 3.05) is 19.6 Å². The highest BCUT2D eigenvalue weighted by Gasteiger charge is 2.21. The number of thiophene rings is 1. The van der Waals surface area contributed by atoms with Gasteiger partial charge in [-0.15, -0.1) is 11.3 Å². The van der Waals surface area contributed by atoms with Crippen molar-refractivity contribution in [1.82, 2.24) is 10.2 Å². The normalized spacial score (nSPS) is 22.5. The minimum Gasteiger partial charge on any atom is -0.314 e. The number of hydrogen-bond acceptors (Lipinski definition) is 3. The van der Waals surface area contributed by atoms with Crippen molar-refractivity contribution in [3.05, 3.63) is 20.8 Å². The number of nitrogens with one attached hydrogen (secondary N) is 1. The van der Waals surface area contributed by atoms with E-state index in [1.807, 2.05) is 11.3 Å². The Morgan fingerprint density at radius 1 is 1.62 bits per heavy atom. The summed E-state index contributed by atoms with van der Waals surface area (Å²) in [6.45, 7) is 6.85. The summed E-state index contributed by atoms with van der Waals surface area (Å²) in [7, 11) is 0. The predicted molar refractivity (Wildman–Crippen MR) is 74.0 cm³/mol. The Kier molecular flexibility index (Phi) is 4.82. The molecule has 2 nitrogen and oxygen atoms in total. The first-order valence-corrected chi connectivity index (χ1v) is 7.64. The molecule has 0 aromatic carbocycles. The van der Waals surface area contributed by atoms with Crippen LogP contribution in [0.2, 0.25) is 0 Å². The molecule has 0 spiro atoms. The van der Waals surface area contributed by atoms with Gasteiger partial charge in [0.1, 0.15) is 0 Å². The van der Waals surface area contributed by atoms with Crippen molar-refractivity contribution in [3.63, 3.8) is 0 Å². The maximum atomic E-state index is 3.52. The van der Waals surface area contributed by atoms with Gasteiger partial charge < -0.3 is 5.32 Å². The summed E-state index contributed by atoms with van der Waals surface area (Å²) in [4.78, 5) is 4.09. The fraction of sp³-hybridized carbons (Fsp3) is 0.667. The van der Waals surface area contributed by atoms with Crippen LogP contribution in [0.25, 0.3) is 0 Å². The molecule has 1 unspecified atom stereocenters. The molecule has 1 aromatic heterocycles. The van der Waals surface area contributed by atoms with E-state index in [9.17, 15) is 0 Å². The van der Waals surface area contributed by atoms with Gasteiger partial charge in [0.25, 0.3) is 0 Å². The van der Waals surface area contributed by atoms with Crippen LogP contribution in [-0.2, 0) is 6.54 Å². The maximum Gasteiger partial charge on any atom is 0.0332 e. The molecule has 90 valence electrons. The molecule has 2 heterocycles. The predicted octanol–water partition coefficient (Wildman–Crippen LogP) is 3.08. The largest absolute Gasteiger partial charge is 0.314 e. The molecule has 1 N–H and O–H groups in total. The topological polar surface area (TPSA) is 15.3 Å². The molecule has 1 fully saturated rings. The molecule has 16 heavy (non-hydrogen) atoms. The molecule has 2 rings (SSSR count). The lowest BCUT2D eigenvalue weighted by Crippen LogP contribution is -2.50. The standard InChI is InChI=1S/C12H19BrN2S/c1-2-3-11-7-14-4-5-15(11)8-12-6-10(13)9-16-12/h6,9,11,14H,2-5,7-8H2,1H3. The molecular weight excluding hydrogens is 284 g/mol. The van der Waals surface area contributed by atoms with Crippen molar-refractivity contribution in [3.8, 4) is 0 Å². The van der Waals surface area contributed by atoms with Gasteiger partial charge in [-0.2, -0.15) is 0 Å². The first-order valence-electron chi connectivity index (χ1n) is 5.97. The number of nitrogens with zero attached hydrogens (tertiary/aromatic N) is 1. The molecule has 0 bridgehead atoms. The summed E-state index contributed by atoms with van der Waals surface area (Å²) in [5, 5.41) is 5.67. The van der Waals surface area contributed by atoms with E-state index in [0.29, 0.717) is 0 Å². The summed E-state index contributed by atoms with van der Waals surface area (Å²) in [6.07, 6.45) is 2.58. The zero-order valence-electron chi connectivity index (χ0n) is 9.71. The second-order valence-corrected chi connectivity index (χ2v) is 6.26. The second kappa shape index (κ2) is 6.15. The van der Waals surface area contributed by atoms with E-state index in [0.717, 1.165) is 25.7 Å². The minimum absolute atomic E-state index is 0.722. The fourth-order valence-electron chi connectivity index (χ4n) is 2.27. The highest BCUT2D eigenvalue weighted by molar-refractivity contribution is 9.10. The quantitative estimate of drug-likeness (QED) is 0.919. The fourth-order valence-corrected chi connectivity index (χ4v) is 3.74. The first-order chi connectivity index (χ1) is 7.79. The Balaban J connectivity index is 1.95. The van der Waals surface area contributed by atoms with E-state index in [1.54, 1.807) is 0 Å². The van der Waals surface area contributed by atoms with E-state index in [4.69, 9.17) is 0 Å². The maximum absolute atomic E-state index is 3.52. The Morgan fingerprint density at radius 2 is 2.50 bits per heavy atom. The van der Waals surface area contributed by atoms with Crippen LogP contribution in [0.3, 0.4) is 0 Å². The third-order valence-corrected chi connectivity index (χ3v) is 4.76. The zero-order valence-corrected chi connectivity index (χ0v) is 12.1. The van der Waals surface area contributed by atoms with Gasteiger partial charge in [-0.3, -0.25) is 4.90 Å². The van der Waals surface area contributed by atoms with E-state index < -0.39 is 0 Å². The summed E-state index contributed by atoms with van der Waals surface area (Å²) in [6, 6.07) is 2.97. The van der Waals surface area contributed by atoms with Gasteiger partial charge in [-0.25, -0.2) is 0 Å². The molecule has 1 atom stereocenters. The second-order valence-electron chi connectivity index (χ2n) is 4.35. The Morgan fingerprint density at radius 3 is 3.19 bits per heavy atom. The van der Waals surface area contributed by atoms with E-state index in [1.165, 1.54) is 28.7 Å². The first kappa shape index (κ1) is 12.6. The molecule has 0 saturated carbocycles. The lowest BCUT2D eigenvalue weighted by Gasteiger charge is -2.35. The van der Waals surface area contributed by atoms with Crippen LogP contribution in [0.5, 0.6) is 0 Å². The van der Waals surface area contributed by atoms with Crippen molar-refractivity contribution < 1.29 is 0 Å². The Hall–Kier alpha value is 0.1000. The molecule has 1 aliphatic rings. The molecule has 1 aromatic rings. The minimum atomic E-state index is 0.722. The van der Waals surface area contributed by atoms with Gasteiger partial charge in [0.2, 0.25) is 0 Å². The highest BCUT2D eigenvalue weighted by atomic mass is 79.9. The molecule has 0 amide bonds. The third-order valence-electron chi connectivity index (χ3n) is 3.07. The molecule has 1 aliphatic heterocycles. The zero-order chi connectivity index (χ0) is 11.4. The monoisotopic (exact) mass is 302 g/mol. The summed E-state index contributed by atoms with van der Waals surface area (Å²) < 4.78 is 1.22. The van der Waals surface area contributed by atoms with Crippen LogP contribution in [0.1, 0.15) is 24.6 Å². The molecule has 4 heteroatoms. The Labute approximate surface area is 110 Å². The van der Waals surface area contributed by atoms with Gasteiger partial charge in [-0.1, -0.05) is 13.3 Å². The van der Waals surface area contributed by atoms with E-state index >= 15 is 0 Å². The van der Waals surface area contributed by atoms with Crippen molar-refractivity contribution in [1.29, 1.82) is 0 Å². The number of halogens is 1. The lowest BCUT2D eigenvalue weighted by atomic mass is 10.1. The van der Waals surface area contributed by atoms with Crippen LogP contribution in [0.15, 0.2) is 15.9 Å². The smallest absolute Gasteiger partial charge is 0.0332 e. The van der Waals surface area contributed by atoms with Gasteiger partial charge >= 0.3 is 0 Å². The summed E-state index contributed by atoms with van der Waals surface area (Å²) in [5.74, 6) is 0. The van der Waals surface area contributed by atoms with E-state index in [-0.39, 0.29) is 0 Å². The van der Waals surface area contributed by atoms with Crippen LogP contribution in [-0.4, -0.2) is 30.6 Å².